The molecule has 0 saturated heterocycles. The van der Waals surface area contributed by atoms with Gasteiger partial charge in [0, 0.05) is 55.2 Å². The summed E-state index contributed by atoms with van der Waals surface area (Å²) < 4.78 is 16.0. The number of nitrogens with zero attached hydrogens (tertiary/aromatic N) is 6. The second-order valence-electron chi connectivity index (χ2n) is 11.6. The first-order valence-electron chi connectivity index (χ1n) is 13.8. The van der Waals surface area contributed by atoms with E-state index in [1.54, 1.807) is 17.6 Å². The topological polar surface area (TPSA) is 87.3 Å². The van der Waals surface area contributed by atoms with Crippen LogP contribution in [0.5, 0.6) is 11.5 Å². The number of benzene rings is 2. The second kappa shape index (κ2) is 10.1. The van der Waals surface area contributed by atoms with Gasteiger partial charge >= 0.3 is 6.09 Å². The summed E-state index contributed by atoms with van der Waals surface area (Å²) in [4.78, 5) is 28.1. The van der Waals surface area contributed by atoms with Gasteiger partial charge in [0.2, 0.25) is 0 Å². The van der Waals surface area contributed by atoms with E-state index in [9.17, 15) is 4.79 Å². The van der Waals surface area contributed by atoms with Crippen molar-refractivity contribution in [2.45, 2.75) is 46.6 Å². The zero-order valence-corrected chi connectivity index (χ0v) is 24.3. The Kier molecular flexibility index (Phi) is 6.52. The third-order valence-electron chi connectivity index (χ3n) is 7.43. The fourth-order valence-corrected chi connectivity index (χ4v) is 5.26. The monoisotopic (exact) mass is 550 g/mol. The molecule has 2 aromatic carbocycles. The molecule has 9 heteroatoms. The molecule has 0 atom stereocenters. The van der Waals surface area contributed by atoms with Gasteiger partial charge in [-0.1, -0.05) is 5.57 Å². The Bertz CT molecular complexity index is 1820. The summed E-state index contributed by atoms with van der Waals surface area (Å²) in [5, 5.41) is 0.939. The van der Waals surface area contributed by atoms with Crippen LogP contribution in [0.15, 0.2) is 67.0 Å². The lowest BCUT2D eigenvalue weighted by Crippen LogP contribution is -2.40. The van der Waals surface area contributed by atoms with Crippen LogP contribution in [-0.2, 0) is 11.8 Å². The Morgan fingerprint density at radius 2 is 1.88 bits per heavy atom. The van der Waals surface area contributed by atoms with Crippen LogP contribution in [0, 0.1) is 6.92 Å². The maximum atomic E-state index is 12.9. The van der Waals surface area contributed by atoms with Crippen molar-refractivity contribution < 1.29 is 14.3 Å². The Morgan fingerprint density at radius 1 is 1.05 bits per heavy atom. The Labute approximate surface area is 239 Å². The number of imidazole rings is 1. The molecule has 0 N–H and O–H groups in total. The highest BCUT2D eigenvalue weighted by Gasteiger charge is 2.28. The SMILES string of the molecule is CC1=C(c2cn(-c3ccc(Oc4ccc5c(c4)ncn5C)c(C)c3)c3ncncc23)CN(C(=O)OC(C)(C)C)CC1. The molecule has 0 radical (unpaired) electrons. The maximum Gasteiger partial charge on any atom is 0.410 e. The van der Waals surface area contributed by atoms with E-state index in [-0.39, 0.29) is 6.09 Å². The third kappa shape index (κ3) is 5.15. The van der Waals surface area contributed by atoms with Crippen molar-refractivity contribution >= 4 is 33.7 Å². The third-order valence-corrected chi connectivity index (χ3v) is 7.43. The number of carbonyl (C=O) groups is 1. The van der Waals surface area contributed by atoms with E-state index in [4.69, 9.17) is 9.47 Å². The molecule has 0 fully saturated rings. The highest BCUT2D eigenvalue weighted by molar-refractivity contribution is 5.93. The fraction of sp³-hybridized carbons (Fsp3) is 0.312. The average Bonchev–Trinajstić information content (AvgIpc) is 3.49. The molecule has 9 nitrogen and oxygen atoms in total. The van der Waals surface area contributed by atoms with E-state index in [0.717, 1.165) is 62.4 Å². The zero-order chi connectivity index (χ0) is 28.9. The number of fused-ring (bicyclic) bond motifs is 2. The number of aromatic nitrogens is 5. The highest BCUT2D eigenvalue weighted by Crippen LogP contribution is 2.35. The molecule has 210 valence electrons. The molecule has 4 heterocycles. The number of carbonyl (C=O) groups excluding carboxylic acids is 1. The van der Waals surface area contributed by atoms with Crippen LogP contribution in [0.3, 0.4) is 0 Å². The van der Waals surface area contributed by atoms with E-state index in [1.807, 2.05) is 75.8 Å². The minimum absolute atomic E-state index is 0.295. The molecule has 0 spiro atoms. The molecule has 1 aliphatic heterocycles. The second-order valence-corrected chi connectivity index (χ2v) is 11.6. The average molecular weight is 551 g/mol. The summed E-state index contributed by atoms with van der Waals surface area (Å²) in [6.45, 7) is 10.9. The van der Waals surface area contributed by atoms with Gasteiger partial charge in [0.25, 0.3) is 0 Å². The molecule has 0 aliphatic carbocycles. The van der Waals surface area contributed by atoms with Crippen LogP contribution in [0.1, 0.15) is 45.2 Å². The molecule has 5 aromatic rings. The molecule has 0 unspecified atom stereocenters. The van der Waals surface area contributed by atoms with Crippen molar-refractivity contribution in [1.29, 1.82) is 0 Å². The van der Waals surface area contributed by atoms with E-state index in [1.165, 1.54) is 5.57 Å². The molecular weight excluding hydrogens is 516 g/mol. The molecule has 0 saturated carbocycles. The number of hydrogen-bond donors (Lipinski definition) is 0. The summed E-state index contributed by atoms with van der Waals surface area (Å²) in [6.07, 6.45) is 7.80. The Hall–Kier alpha value is -4.66. The summed E-state index contributed by atoms with van der Waals surface area (Å²) in [6, 6.07) is 12.0. The number of amides is 1. The maximum absolute atomic E-state index is 12.9. The van der Waals surface area contributed by atoms with Crippen molar-refractivity contribution in [3.8, 4) is 17.2 Å². The van der Waals surface area contributed by atoms with Gasteiger partial charge in [-0.25, -0.2) is 19.7 Å². The van der Waals surface area contributed by atoms with Crippen LogP contribution < -0.4 is 4.74 Å². The minimum Gasteiger partial charge on any atom is -0.457 e. The summed E-state index contributed by atoms with van der Waals surface area (Å²) in [5.41, 5.74) is 7.53. The van der Waals surface area contributed by atoms with Gasteiger partial charge < -0.3 is 23.5 Å². The van der Waals surface area contributed by atoms with Crippen molar-refractivity contribution in [2.24, 2.45) is 7.05 Å². The van der Waals surface area contributed by atoms with Crippen molar-refractivity contribution in [3.05, 3.63) is 78.1 Å². The van der Waals surface area contributed by atoms with Crippen LogP contribution in [0.25, 0.3) is 33.3 Å². The van der Waals surface area contributed by atoms with E-state index in [0.29, 0.717) is 13.1 Å². The zero-order valence-electron chi connectivity index (χ0n) is 24.3. The number of hydrogen-bond acceptors (Lipinski definition) is 6. The molecule has 41 heavy (non-hydrogen) atoms. The van der Waals surface area contributed by atoms with Gasteiger partial charge in [0.1, 0.15) is 29.1 Å². The largest absolute Gasteiger partial charge is 0.457 e. The van der Waals surface area contributed by atoms with Crippen molar-refractivity contribution in [3.63, 3.8) is 0 Å². The van der Waals surface area contributed by atoms with Gasteiger partial charge in [-0.15, -0.1) is 0 Å². The number of aryl methyl sites for hydroxylation is 2. The number of rotatable bonds is 4. The van der Waals surface area contributed by atoms with Crippen molar-refractivity contribution in [2.75, 3.05) is 13.1 Å². The fourth-order valence-electron chi connectivity index (χ4n) is 5.26. The summed E-state index contributed by atoms with van der Waals surface area (Å²) in [5.74, 6) is 1.51. The standard InChI is InChI=1S/C32H34N6O3/c1-20-11-12-37(31(39)41-32(3,4)5)16-25(20)26-17-38(30-24(26)15-33-18-34-30)22-7-10-29(21(2)13-22)40-23-8-9-28-27(14-23)35-19-36(28)6/h7-10,13-15,17-19H,11-12,16H2,1-6H3. The molecule has 3 aromatic heterocycles. The molecular formula is C32H34N6O3. The first kappa shape index (κ1) is 26.6. The molecule has 1 amide bonds. The number of ether oxygens (including phenoxy) is 2. The smallest absolute Gasteiger partial charge is 0.410 e. The van der Waals surface area contributed by atoms with Gasteiger partial charge in [-0.05, 0) is 82.5 Å². The van der Waals surface area contributed by atoms with Crippen LogP contribution in [0.4, 0.5) is 4.79 Å². The lowest BCUT2D eigenvalue weighted by atomic mass is 9.95. The van der Waals surface area contributed by atoms with Crippen molar-refractivity contribution in [1.82, 2.24) is 29.0 Å². The minimum atomic E-state index is -0.545. The van der Waals surface area contributed by atoms with E-state index < -0.39 is 5.60 Å². The highest BCUT2D eigenvalue weighted by atomic mass is 16.6. The molecule has 0 bridgehead atoms. The lowest BCUT2D eigenvalue weighted by molar-refractivity contribution is 0.0271. The first-order chi connectivity index (χ1) is 19.6. The quantitative estimate of drug-likeness (QED) is 0.244. The van der Waals surface area contributed by atoms with E-state index >= 15 is 0 Å². The Morgan fingerprint density at radius 3 is 2.66 bits per heavy atom. The Balaban J connectivity index is 1.32. The van der Waals surface area contributed by atoms with Crippen LogP contribution in [-0.4, -0.2) is 53.8 Å². The van der Waals surface area contributed by atoms with Gasteiger partial charge in [-0.3, -0.25) is 0 Å². The summed E-state index contributed by atoms with van der Waals surface area (Å²) >= 11 is 0. The predicted octanol–water partition coefficient (Wildman–Crippen LogP) is 6.82. The first-order valence-corrected chi connectivity index (χ1v) is 13.8. The molecule has 1 aliphatic rings. The van der Waals surface area contributed by atoms with Crippen LogP contribution in [0.2, 0.25) is 0 Å². The van der Waals surface area contributed by atoms with Crippen LogP contribution >= 0.6 is 0 Å². The van der Waals surface area contributed by atoms with E-state index in [2.05, 4.69) is 38.7 Å². The van der Waals surface area contributed by atoms with Gasteiger partial charge in [0.15, 0.2) is 0 Å². The lowest BCUT2D eigenvalue weighted by Gasteiger charge is -2.32. The molecule has 6 rings (SSSR count). The van der Waals surface area contributed by atoms with Gasteiger partial charge in [0.05, 0.1) is 17.4 Å². The van der Waals surface area contributed by atoms with Gasteiger partial charge in [-0.2, -0.15) is 0 Å². The predicted molar refractivity (Wildman–Crippen MR) is 159 cm³/mol. The summed E-state index contributed by atoms with van der Waals surface area (Å²) in [7, 11) is 1.98. The normalized spacial score (nSPS) is 14.2.